The van der Waals surface area contributed by atoms with E-state index >= 15 is 0 Å². The second-order valence-corrected chi connectivity index (χ2v) is 4.88. The first-order chi connectivity index (χ1) is 11.7. The first-order valence-corrected chi connectivity index (χ1v) is 7.56. The molecule has 0 unspecified atom stereocenters. The van der Waals surface area contributed by atoms with Crippen molar-refractivity contribution in [1.82, 2.24) is 10.3 Å². The van der Waals surface area contributed by atoms with Crippen LogP contribution in [-0.4, -0.2) is 29.9 Å². The molecule has 0 aliphatic heterocycles. The summed E-state index contributed by atoms with van der Waals surface area (Å²) in [5.74, 6) is 0.0568. The number of benzene rings is 1. The predicted molar refractivity (Wildman–Crippen MR) is 92.5 cm³/mol. The van der Waals surface area contributed by atoms with Gasteiger partial charge in [0.05, 0.1) is 0 Å². The van der Waals surface area contributed by atoms with E-state index in [0.29, 0.717) is 18.0 Å². The molecule has 0 aliphatic rings. The van der Waals surface area contributed by atoms with Crippen LogP contribution < -0.4 is 15.4 Å². The summed E-state index contributed by atoms with van der Waals surface area (Å²) < 4.78 is 5.38. The molecule has 2 aromatic rings. The molecule has 6 nitrogen and oxygen atoms in total. The van der Waals surface area contributed by atoms with Gasteiger partial charge in [-0.3, -0.25) is 14.6 Å². The molecule has 0 spiro atoms. The number of nitrogens with zero attached hydrogens (tertiary/aromatic N) is 1. The fourth-order valence-corrected chi connectivity index (χ4v) is 1.89. The summed E-state index contributed by atoms with van der Waals surface area (Å²) in [7, 11) is 0. The number of hydrogen-bond acceptors (Lipinski definition) is 4. The number of pyridine rings is 1. The number of hydrogen-bond donors (Lipinski definition) is 2. The summed E-state index contributed by atoms with van der Waals surface area (Å²) in [5, 5.41) is 5.39. The van der Waals surface area contributed by atoms with Gasteiger partial charge in [0, 0.05) is 36.8 Å². The highest BCUT2D eigenvalue weighted by Gasteiger charge is 2.03. The Bertz CT molecular complexity index is 714. The zero-order valence-corrected chi connectivity index (χ0v) is 13.4. The molecule has 6 heteroatoms. The molecule has 1 aromatic carbocycles. The van der Waals surface area contributed by atoms with E-state index in [0.717, 1.165) is 5.56 Å². The topological polar surface area (TPSA) is 80.3 Å². The SMILES string of the molecule is CCNC(=O)COc1cccc(NC(=O)/C=C/c2cccnc2)c1. The van der Waals surface area contributed by atoms with E-state index in [1.807, 2.05) is 13.0 Å². The number of nitrogens with one attached hydrogen (secondary N) is 2. The van der Waals surface area contributed by atoms with E-state index < -0.39 is 0 Å². The van der Waals surface area contributed by atoms with Crippen LogP contribution in [0.1, 0.15) is 12.5 Å². The summed E-state index contributed by atoms with van der Waals surface area (Å²) in [6.45, 7) is 2.33. The number of amides is 2. The maximum absolute atomic E-state index is 11.9. The first kappa shape index (κ1) is 17.2. The van der Waals surface area contributed by atoms with Gasteiger partial charge in [-0.05, 0) is 36.8 Å². The molecule has 0 saturated carbocycles. The molecule has 24 heavy (non-hydrogen) atoms. The molecule has 2 N–H and O–H groups in total. The number of likely N-dealkylation sites (N-methyl/N-ethyl adjacent to an activating group) is 1. The van der Waals surface area contributed by atoms with Crippen LogP contribution in [0.2, 0.25) is 0 Å². The van der Waals surface area contributed by atoms with Crippen LogP contribution in [-0.2, 0) is 9.59 Å². The summed E-state index contributed by atoms with van der Waals surface area (Å²) in [4.78, 5) is 27.3. The maximum atomic E-state index is 11.9. The number of anilines is 1. The van der Waals surface area contributed by atoms with Crippen molar-refractivity contribution in [3.63, 3.8) is 0 Å². The van der Waals surface area contributed by atoms with Crippen molar-refractivity contribution >= 4 is 23.6 Å². The highest BCUT2D eigenvalue weighted by Crippen LogP contribution is 2.17. The average molecular weight is 325 g/mol. The van der Waals surface area contributed by atoms with Gasteiger partial charge in [-0.1, -0.05) is 12.1 Å². The van der Waals surface area contributed by atoms with E-state index in [1.54, 1.807) is 48.8 Å². The second-order valence-electron chi connectivity index (χ2n) is 4.88. The molecule has 0 radical (unpaired) electrons. The van der Waals surface area contributed by atoms with Crippen LogP contribution in [0, 0.1) is 0 Å². The fourth-order valence-electron chi connectivity index (χ4n) is 1.89. The highest BCUT2D eigenvalue weighted by atomic mass is 16.5. The lowest BCUT2D eigenvalue weighted by Gasteiger charge is -2.08. The summed E-state index contributed by atoms with van der Waals surface area (Å²) in [5.41, 5.74) is 1.43. The summed E-state index contributed by atoms with van der Waals surface area (Å²) >= 11 is 0. The number of aromatic nitrogens is 1. The van der Waals surface area contributed by atoms with Gasteiger partial charge >= 0.3 is 0 Å². The Morgan fingerprint density at radius 2 is 2.12 bits per heavy atom. The standard InChI is InChI=1S/C18H19N3O3/c1-2-20-18(23)13-24-16-7-3-6-15(11-16)21-17(22)9-8-14-5-4-10-19-12-14/h3-12H,2,13H2,1H3,(H,20,23)(H,21,22)/b9-8+. The third kappa shape index (κ3) is 5.92. The van der Waals surface area contributed by atoms with Gasteiger partial charge in [0.2, 0.25) is 5.91 Å². The molecule has 0 saturated heterocycles. The molecule has 2 rings (SSSR count). The van der Waals surface area contributed by atoms with Crippen LogP contribution in [0.15, 0.2) is 54.9 Å². The van der Waals surface area contributed by atoms with Crippen molar-refractivity contribution < 1.29 is 14.3 Å². The van der Waals surface area contributed by atoms with E-state index in [4.69, 9.17) is 4.74 Å². The molecular weight excluding hydrogens is 306 g/mol. The Kier molecular flexibility index (Phi) is 6.52. The molecule has 0 aliphatic carbocycles. The normalized spacial score (nSPS) is 10.4. The highest BCUT2D eigenvalue weighted by molar-refractivity contribution is 6.02. The van der Waals surface area contributed by atoms with Gasteiger partial charge in [0.25, 0.3) is 5.91 Å². The lowest BCUT2D eigenvalue weighted by Crippen LogP contribution is -2.28. The van der Waals surface area contributed by atoms with Crippen molar-refractivity contribution in [2.75, 3.05) is 18.5 Å². The van der Waals surface area contributed by atoms with Gasteiger partial charge in [0.1, 0.15) is 5.75 Å². The zero-order valence-electron chi connectivity index (χ0n) is 13.4. The smallest absolute Gasteiger partial charge is 0.257 e. The van der Waals surface area contributed by atoms with Gasteiger partial charge in [-0.2, -0.15) is 0 Å². The number of rotatable bonds is 7. The average Bonchev–Trinajstić information content (AvgIpc) is 2.60. The van der Waals surface area contributed by atoms with Crippen molar-refractivity contribution in [3.8, 4) is 5.75 Å². The van der Waals surface area contributed by atoms with Gasteiger partial charge in [-0.25, -0.2) is 0 Å². The van der Waals surface area contributed by atoms with E-state index in [2.05, 4.69) is 15.6 Å². The van der Waals surface area contributed by atoms with E-state index in [-0.39, 0.29) is 18.4 Å². The van der Waals surface area contributed by atoms with Crippen molar-refractivity contribution in [2.45, 2.75) is 6.92 Å². The summed E-state index contributed by atoms with van der Waals surface area (Å²) in [6.07, 6.45) is 6.44. The van der Waals surface area contributed by atoms with Gasteiger partial charge in [-0.15, -0.1) is 0 Å². The minimum absolute atomic E-state index is 0.0633. The van der Waals surface area contributed by atoms with Crippen molar-refractivity contribution in [1.29, 1.82) is 0 Å². The Hall–Kier alpha value is -3.15. The predicted octanol–water partition coefficient (Wildman–Crippen LogP) is 2.25. The second kappa shape index (κ2) is 9.09. The zero-order chi connectivity index (χ0) is 17.2. The lowest BCUT2D eigenvalue weighted by atomic mass is 10.2. The minimum atomic E-state index is -0.264. The lowest BCUT2D eigenvalue weighted by molar-refractivity contribution is -0.123. The number of carbonyl (C=O) groups is 2. The molecule has 0 fully saturated rings. The summed E-state index contributed by atoms with van der Waals surface area (Å²) in [6, 6.07) is 10.5. The molecule has 1 aromatic heterocycles. The fraction of sp³-hybridized carbons (Fsp3) is 0.167. The van der Waals surface area contributed by atoms with Crippen molar-refractivity contribution in [3.05, 3.63) is 60.4 Å². The van der Waals surface area contributed by atoms with Crippen LogP contribution in [0.3, 0.4) is 0 Å². The molecular formula is C18H19N3O3. The van der Waals surface area contributed by atoms with E-state index in [9.17, 15) is 9.59 Å². The maximum Gasteiger partial charge on any atom is 0.257 e. The Labute approximate surface area is 140 Å². The minimum Gasteiger partial charge on any atom is -0.484 e. The molecule has 1 heterocycles. The van der Waals surface area contributed by atoms with Crippen LogP contribution in [0.5, 0.6) is 5.75 Å². The van der Waals surface area contributed by atoms with Crippen molar-refractivity contribution in [2.24, 2.45) is 0 Å². The number of carbonyl (C=O) groups excluding carboxylic acids is 2. The third-order valence-electron chi connectivity index (χ3n) is 2.96. The molecule has 0 atom stereocenters. The van der Waals surface area contributed by atoms with Crippen LogP contribution in [0.4, 0.5) is 5.69 Å². The molecule has 0 bridgehead atoms. The first-order valence-electron chi connectivity index (χ1n) is 7.56. The molecule has 2 amide bonds. The van der Waals surface area contributed by atoms with Gasteiger partial charge in [0.15, 0.2) is 6.61 Å². The third-order valence-corrected chi connectivity index (χ3v) is 2.96. The monoisotopic (exact) mass is 325 g/mol. The number of ether oxygens (including phenoxy) is 1. The Balaban J connectivity index is 1.90. The quantitative estimate of drug-likeness (QED) is 0.765. The Morgan fingerprint density at radius 1 is 1.25 bits per heavy atom. The van der Waals surface area contributed by atoms with Crippen LogP contribution >= 0.6 is 0 Å². The molecule has 124 valence electrons. The Morgan fingerprint density at radius 3 is 2.88 bits per heavy atom. The largest absolute Gasteiger partial charge is 0.484 e. The van der Waals surface area contributed by atoms with E-state index in [1.165, 1.54) is 6.08 Å². The van der Waals surface area contributed by atoms with Gasteiger partial charge < -0.3 is 15.4 Å². The van der Waals surface area contributed by atoms with Crippen LogP contribution in [0.25, 0.3) is 6.08 Å².